The van der Waals surface area contributed by atoms with Crippen LogP contribution in [0.2, 0.25) is 0 Å². The molecular formula is C21H17N. The standard InChI is InChI=1S/C21H17N/c1-21-17-9-5-3-7-15(17)11-13-19(21)22-18-12-10-14-6-2-4-8-16(14)20(18)21/h2-13,17,22H,1H3. The minimum Gasteiger partial charge on any atom is -0.358 e. The van der Waals surface area contributed by atoms with E-state index in [4.69, 9.17) is 0 Å². The van der Waals surface area contributed by atoms with E-state index in [1.54, 1.807) is 0 Å². The number of anilines is 1. The summed E-state index contributed by atoms with van der Waals surface area (Å²) in [5.74, 6) is 0.400. The molecule has 106 valence electrons. The Bertz CT molecular complexity index is 926. The van der Waals surface area contributed by atoms with Gasteiger partial charge in [-0.1, -0.05) is 60.7 Å². The van der Waals surface area contributed by atoms with Crippen molar-refractivity contribution in [1.29, 1.82) is 0 Å². The molecule has 5 rings (SSSR count). The van der Waals surface area contributed by atoms with Crippen LogP contribution in [0.1, 0.15) is 12.5 Å². The molecular weight excluding hydrogens is 266 g/mol. The Kier molecular flexibility index (Phi) is 2.20. The van der Waals surface area contributed by atoms with Gasteiger partial charge in [0.15, 0.2) is 0 Å². The fraction of sp³-hybridized carbons (Fsp3) is 0.143. The molecule has 1 heteroatoms. The van der Waals surface area contributed by atoms with Crippen LogP contribution in [-0.4, -0.2) is 0 Å². The molecule has 2 aromatic rings. The molecule has 0 bridgehead atoms. The van der Waals surface area contributed by atoms with Crippen LogP contribution in [0.3, 0.4) is 0 Å². The van der Waals surface area contributed by atoms with E-state index >= 15 is 0 Å². The maximum Gasteiger partial charge on any atom is 0.0455 e. The number of allylic oxidation sites excluding steroid dienone is 8. The number of benzene rings is 2. The highest BCUT2D eigenvalue weighted by atomic mass is 15.0. The minimum absolute atomic E-state index is 0.0124. The number of fused-ring (bicyclic) bond motifs is 7. The summed E-state index contributed by atoms with van der Waals surface area (Å²) < 4.78 is 0. The van der Waals surface area contributed by atoms with Gasteiger partial charge in [0.05, 0.1) is 0 Å². The third-order valence-corrected chi connectivity index (χ3v) is 5.40. The highest BCUT2D eigenvalue weighted by molar-refractivity contribution is 5.95. The Morgan fingerprint density at radius 2 is 1.91 bits per heavy atom. The Balaban J connectivity index is 1.86. The van der Waals surface area contributed by atoms with Gasteiger partial charge in [0.2, 0.25) is 0 Å². The van der Waals surface area contributed by atoms with E-state index in [0.29, 0.717) is 5.92 Å². The quantitative estimate of drug-likeness (QED) is 0.710. The lowest BCUT2D eigenvalue weighted by atomic mass is 9.64. The van der Waals surface area contributed by atoms with Crippen molar-refractivity contribution in [2.24, 2.45) is 5.92 Å². The van der Waals surface area contributed by atoms with Crippen molar-refractivity contribution in [2.75, 3.05) is 5.32 Å². The normalized spacial score (nSPS) is 27.6. The van der Waals surface area contributed by atoms with Crippen molar-refractivity contribution in [1.82, 2.24) is 0 Å². The van der Waals surface area contributed by atoms with Gasteiger partial charge >= 0.3 is 0 Å². The van der Waals surface area contributed by atoms with Gasteiger partial charge in [-0.25, -0.2) is 0 Å². The number of nitrogens with one attached hydrogen (secondary N) is 1. The SMILES string of the molecule is CC12C(=CC=C3C=CC=CC31)Nc1ccc3ccccc3c12. The van der Waals surface area contributed by atoms with E-state index < -0.39 is 0 Å². The fourth-order valence-corrected chi connectivity index (χ4v) is 4.30. The van der Waals surface area contributed by atoms with Gasteiger partial charge in [0.1, 0.15) is 0 Å². The minimum atomic E-state index is -0.0124. The molecule has 3 aliphatic rings. The van der Waals surface area contributed by atoms with Crippen molar-refractivity contribution in [3.8, 4) is 0 Å². The molecule has 22 heavy (non-hydrogen) atoms. The molecule has 1 nitrogen and oxygen atoms in total. The summed E-state index contributed by atoms with van der Waals surface area (Å²) in [6, 6.07) is 13.2. The van der Waals surface area contributed by atoms with E-state index in [-0.39, 0.29) is 5.41 Å². The van der Waals surface area contributed by atoms with Crippen LogP contribution < -0.4 is 5.32 Å². The maximum absolute atomic E-state index is 3.66. The zero-order chi connectivity index (χ0) is 14.7. The second-order valence-corrected chi connectivity index (χ2v) is 6.51. The van der Waals surface area contributed by atoms with E-state index in [0.717, 1.165) is 0 Å². The predicted molar refractivity (Wildman–Crippen MR) is 92.9 cm³/mol. The first kappa shape index (κ1) is 12.0. The molecule has 2 unspecified atom stereocenters. The van der Waals surface area contributed by atoms with Gasteiger partial charge in [-0.2, -0.15) is 0 Å². The van der Waals surface area contributed by atoms with Crippen molar-refractivity contribution in [2.45, 2.75) is 12.3 Å². The monoisotopic (exact) mass is 283 g/mol. The molecule has 1 aliphatic heterocycles. The summed E-state index contributed by atoms with van der Waals surface area (Å²) in [6.45, 7) is 2.38. The van der Waals surface area contributed by atoms with Gasteiger partial charge in [-0.05, 0) is 41.0 Å². The summed E-state index contributed by atoms with van der Waals surface area (Å²) in [4.78, 5) is 0. The maximum atomic E-state index is 3.66. The average Bonchev–Trinajstić information content (AvgIpc) is 2.88. The summed E-state index contributed by atoms with van der Waals surface area (Å²) >= 11 is 0. The fourth-order valence-electron chi connectivity index (χ4n) is 4.30. The zero-order valence-corrected chi connectivity index (χ0v) is 12.5. The molecule has 1 N–H and O–H groups in total. The molecule has 0 spiro atoms. The smallest absolute Gasteiger partial charge is 0.0455 e. The summed E-state index contributed by atoms with van der Waals surface area (Å²) in [7, 11) is 0. The first-order valence-electron chi connectivity index (χ1n) is 7.85. The van der Waals surface area contributed by atoms with Crippen LogP contribution >= 0.6 is 0 Å². The Labute approximate surface area is 130 Å². The van der Waals surface area contributed by atoms with Crippen LogP contribution in [0.25, 0.3) is 10.8 Å². The predicted octanol–water partition coefficient (Wildman–Crippen LogP) is 5.09. The van der Waals surface area contributed by atoms with Crippen LogP contribution in [-0.2, 0) is 5.41 Å². The molecule has 0 radical (unpaired) electrons. The molecule has 0 amide bonds. The molecule has 0 saturated carbocycles. The van der Waals surface area contributed by atoms with Gasteiger partial charge in [0, 0.05) is 22.7 Å². The van der Waals surface area contributed by atoms with Crippen LogP contribution in [0.5, 0.6) is 0 Å². The highest BCUT2D eigenvalue weighted by Crippen LogP contribution is 2.55. The Hall–Kier alpha value is -2.54. The molecule has 2 aromatic carbocycles. The lowest BCUT2D eigenvalue weighted by Gasteiger charge is -2.38. The van der Waals surface area contributed by atoms with Crippen LogP contribution in [0.4, 0.5) is 5.69 Å². The summed E-state index contributed by atoms with van der Waals surface area (Å²) in [5, 5.41) is 6.34. The van der Waals surface area contributed by atoms with E-state index in [1.807, 2.05) is 0 Å². The number of hydrogen-bond acceptors (Lipinski definition) is 1. The van der Waals surface area contributed by atoms with E-state index in [9.17, 15) is 0 Å². The Morgan fingerprint density at radius 3 is 2.86 bits per heavy atom. The molecule has 2 aliphatic carbocycles. The molecule has 0 saturated heterocycles. The van der Waals surface area contributed by atoms with E-state index in [1.165, 1.54) is 33.3 Å². The third kappa shape index (κ3) is 1.34. The molecule has 1 heterocycles. The summed E-state index contributed by atoms with van der Waals surface area (Å²) in [6.07, 6.45) is 13.4. The zero-order valence-electron chi connectivity index (χ0n) is 12.5. The second kappa shape index (κ2) is 4.01. The second-order valence-electron chi connectivity index (χ2n) is 6.51. The number of rotatable bonds is 0. The van der Waals surface area contributed by atoms with Gasteiger partial charge < -0.3 is 5.32 Å². The summed E-state index contributed by atoms with van der Waals surface area (Å²) in [5.41, 5.74) is 5.39. The third-order valence-electron chi connectivity index (χ3n) is 5.40. The first-order chi connectivity index (χ1) is 10.8. The van der Waals surface area contributed by atoms with E-state index in [2.05, 4.69) is 85.1 Å². The topological polar surface area (TPSA) is 12.0 Å². The molecule has 0 aromatic heterocycles. The largest absolute Gasteiger partial charge is 0.358 e. The average molecular weight is 283 g/mol. The van der Waals surface area contributed by atoms with Gasteiger partial charge in [-0.15, -0.1) is 0 Å². The molecule has 0 fully saturated rings. The molecule has 2 atom stereocenters. The van der Waals surface area contributed by atoms with Crippen molar-refractivity contribution >= 4 is 16.5 Å². The highest BCUT2D eigenvalue weighted by Gasteiger charge is 2.47. The lowest BCUT2D eigenvalue weighted by molar-refractivity contribution is 0.474. The lowest BCUT2D eigenvalue weighted by Crippen LogP contribution is -2.35. The number of hydrogen-bond donors (Lipinski definition) is 1. The van der Waals surface area contributed by atoms with Crippen molar-refractivity contribution in [3.63, 3.8) is 0 Å². The van der Waals surface area contributed by atoms with Crippen molar-refractivity contribution in [3.05, 3.63) is 89.7 Å². The first-order valence-corrected chi connectivity index (χ1v) is 7.85. The van der Waals surface area contributed by atoms with Gasteiger partial charge in [-0.3, -0.25) is 0 Å². The van der Waals surface area contributed by atoms with Crippen molar-refractivity contribution < 1.29 is 0 Å². The van der Waals surface area contributed by atoms with Crippen LogP contribution in [0, 0.1) is 5.92 Å². The van der Waals surface area contributed by atoms with Gasteiger partial charge in [0.25, 0.3) is 0 Å². The van der Waals surface area contributed by atoms with Crippen LogP contribution in [0.15, 0.2) is 84.1 Å². The Morgan fingerprint density at radius 1 is 1.00 bits per heavy atom.